The van der Waals surface area contributed by atoms with E-state index >= 15 is 0 Å². The first-order valence-corrected chi connectivity index (χ1v) is 8.63. The zero-order valence-corrected chi connectivity index (χ0v) is 15.0. The summed E-state index contributed by atoms with van der Waals surface area (Å²) in [6, 6.07) is 19.2. The van der Waals surface area contributed by atoms with E-state index in [-0.39, 0.29) is 11.6 Å². The monoisotopic (exact) mass is 372 g/mol. The molecular formula is C21H16N4O3. The molecule has 0 spiro atoms. The first kappa shape index (κ1) is 17.4. The minimum Gasteiger partial charge on any atom is -0.317 e. The third kappa shape index (κ3) is 3.09. The largest absolute Gasteiger partial charge is 0.317 e. The lowest BCUT2D eigenvalue weighted by molar-refractivity contribution is -0.384. The van der Waals surface area contributed by atoms with E-state index in [0.29, 0.717) is 17.0 Å². The topological polar surface area (TPSA) is 80.7 Å². The molecule has 0 aliphatic carbocycles. The number of nitrogens with zero attached hydrogens (tertiary/aromatic N) is 4. The number of non-ortho nitro benzene ring substituents is 1. The van der Waals surface area contributed by atoms with E-state index in [0.717, 1.165) is 11.4 Å². The predicted molar refractivity (Wildman–Crippen MR) is 107 cm³/mol. The summed E-state index contributed by atoms with van der Waals surface area (Å²) >= 11 is 0. The van der Waals surface area contributed by atoms with Gasteiger partial charge in [-0.15, -0.1) is 0 Å². The first-order chi connectivity index (χ1) is 13.5. The maximum atomic E-state index is 12.9. The zero-order valence-electron chi connectivity index (χ0n) is 15.0. The first-order valence-electron chi connectivity index (χ1n) is 8.63. The van der Waals surface area contributed by atoms with Gasteiger partial charge in [-0.3, -0.25) is 14.9 Å². The van der Waals surface area contributed by atoms with Gasteiger partial charge in [0.05, 0.1) is 21.9 Å². The molecule has 7 heteroatoms. The van der Waals surface area contributed by atoms with Crippen LogP contribution in [0.3, 0.4) is 0 Å². The van der Waals surface area contributed by atoms with Crippen LogP contribution in [0, 0.1) is 10.1 Å². The summed E-state index contributed by atoms with van der Waals surface area (Å²) in [5.41, 5.74) is 3.42. The molecule has 0 atom stereocenters. The van der Waals surface area contributed by atoms with E-state index < -0.39 is 4.92 Å². The summed E-state index contributed by atoms with van der Waals surface area (Å²) in [5, 5.41) is 16.6. The Morgan fingerprint density at radius 3 is 2.36 bits per heavy atom. The highest BCUT2D eigenvalue weighted by molar-refractivity contribution is 6.32. The van der Waals surface area contributed by atoms with Crippen molar-refractivity contribution in [2.24, 2.45) is 5.10 Å². The van der Waals surface area contributed by atoms with Gasteiger partial charge in [0.2, 0.25) is 0 Å². The Labute approximate surface area is 161 Å². The molecule has 1 amide bonds. The van der Waals surface area contributed by atoms with Gasteiger partial charge in [-0.1, -0.05) is 18.2 Å². The normalized spacial score (nSPS) is 15.2. The van der Waals surface area contributed by atoms with Gasteiger partial charge in [-0.25, -0.2) is 0 Å². The molecule has 0 unspecified atom stereocenters. The Hall–Kier alpha value is -4.00. The standard InChI is InChI=1S/C21H16N4O3/c1-15-20(21(26)24(22-15)17-6-3-2-4-7-17)14-19-8-5-13-23(19)16-9-11-18(12-10-16)25(27)28/h2-14H,1H3/b20-14-. The Bertz CT molecular complexity index is 1110. The van der Waals surface area contributed by atoms with Crippen molar-refractivity contribution in [3.05, 3.63) is 94.3 Å². The van der Waals surface area contributed by atoms with Crippen LogP contribution in [-0.4, -0.2) is 21.1 Å². The van der Waals surface area contributed by atoms with Crippen molar-refractivity contribution >= 4 is 29.1 Å². The highest BCUT2D eigenvalue weighted by atomic mass is 16.6. The Morgan fingerprint density at radius 2 is 1.68 bits per heavy atom. The number of rotatable bonds is 4. The van der Waals surface area contributed by atoms with Crippen LogP contribution in [-0.2, 0) is 4.79 Å². The fourth-order valence-electron chi connectivity index (χ4n) is 3.06. The number of nitro benzene ring substituents is 1. The molecule has 0 saturated heterocycles. The summed E-state index contributed by atoms with van der Waals surface area (Å²) < 4.78 is 1.86. The lowest BCUT2D eigenvalue weighted by atomic mass is 10.1. The van der Waals surface area contributed by atoms with Crippen LogP contribution in [0.2, 0.25) is 0 Å². The molecule has 2 aromatic carbocycles. The van der Waals surface area contributed by atoms with Crippen LogP contribution in [0.5, 0.6) is 0 Å². The molecule has 0 radical (unpaired) electrons. The summed E-state index contributed by atoms with van der Waals surface area (Å²) in [6.07, 6.45) is 3.62. The number of aromatic nitrogens is 1. The van der Waals surface area contributed by atoms with Crippen LogP contribution < -0.4 is 5.01 Å². The van der Waals surface area contributed by atoms with Crippen molar-refractivity contribution in [1.82, 2.24) is 4.57 Å². The van der Waals surface area contributed by atoms with E-state index in [4.69, 9.17) is 0 Å². The summed E-state index contributed by atoms with van der Waals surface area (Å²) in [5.74, 6) is -0.194. The summed E-state index contributed by atoms with van der Waals surface area (Å²) in [6.45, 7) is 1.80. The minimum atomic E-state index is -0.433. The molecule has 138 valence electrons. The highest BCUT2D eigenvalue weighted by Crippen LogP contribution is 2.26. The minimum absolute atomic E-state index is 0.0308. The van der Waals surface area contributed by atoms with Gasteiger partial charge in [-0.2, -0.15) is 10.1 Å². The number of para-hydroxylation sites is 1. The van der Waals surface area contributed by atoms with Crippen molar-refractivity contribution in [3.8, 4) is 5.69 Å². The number of anilines is 1. The molecule has 7 nitrogen and oxygen atoms in total. The fraction of sp³-hybridized carbons (Fsp3) is 0.0476. The van der Waals surface area contributed by atoms with E-state index in [1.165, 1.54) is 17.1 Å². The quantitative estimate of drug-likeness (QED) is 0.391. The fourth-order valence-corrected chi connectivity index (χ4v) is 3.06. The number of nitro groups is 1. The molecule has 2 heterocycles. The molecule has 3 aromatic rings. The average molecular weight is 372 g/mol. The second-order valence-corrected chi connectivity index (χ2v) is 6.27. The number of hydrogen-bond donors (Lipinski definition) is 0. The lowest BCUT2D eigenvalue weighted by Gasteiger charge is -2.11. The molecule has 4 rings (SSSR count). The molecule has 0 saturated carbocycles. The third-order valence-electron chi connectivity index (χ3n) is 4.47. The van der Waals surface area contributed by atoms with Crippen molar-refractivity contribution in [3.63, 3.8) is 0 Å². The lowest BCUT2D eigenvalue weighted by Crippen LogP contribution is -2.21. The molecule has 0 fully saturated rings. The molecule has 1 aliphatic rings. The summed E-state index contributed by atoms with van der Waals surface area (Å²) in [7, 11) is 0. The van der Waals surface area contributed by atoms with Gasteiger partial charge in [0.25, 0.3) is 11.6 Å². The number of hydrogen-bond acceptors (Lipinski definition) is 4. The van der Waals surface area contributed by atoms with Crippen molar-refractivity contribution in [2.45, 2.75) is 6.92 Å². The van der Waals surface area contributed by atoms with Crippen LogP contribution in [0.1, 0.15) is 12.6 Å². The highest BCUT2D eigenvalue weighted by Gasteiger charge is 2.28. The SMILES string of the molecule is CC1=NN(c2ccccc2)C(=O)/C1=C\c1cccn1-c1ccc([N+](=O)[O-])cc1. The van der Waals surface area contributed by atoms with E-state index in [2.05, 4.69) is 5.10 Å². The Morgan fingerprint density at radius 1 is 0.964 bits per heavy atom. The molecule has 1 aliphatic heterocycles. The van der Waals surface area contributed by atoms with Gasteiger partial charge in [-0.05, 0) is 49.4 Å². The van der Waals surface area contributed by atoms with Crippen molar-refractivity contribution in [2.75, 3.05) is 5.01 Å². The number of benzene rings is 2. The number of carbonyl (C=O) groups excluding carboxylic acids is 1. The second-order valence-electron chi connectivity index (χ2n) is 6.27. The predicted octanol–water partition coefficient (Wildman–Crippen LogP) is 4.19. The van der Waals surface area contributed by atoms with Crippen molar-refractivity contribution < 1.29 is 9.72 Å². The van der Waals surface area contributed by atoms with E-state index in [1.54, 1.807) is 25.1 Å². The van der Waals surface area contributed by atoms with Crippen LogP contribution >= 0.6 is 0 Å². The van der Waals surface area contributed by atoms with Crippen LogP contribution in [0.4, 0.5) is 11.4 Å². The maximum absolute atomic E-state index is 12.9. The molecule has 0 N–H and O–H groups in total. The Balaban J connectivity index is 1.67. The molecule has 0 bridgehead atoms. The average Bonchev–Trinajstić information content (AvgIpc) is 3.29. The van der Waals surface area contributed by atoms with Gasteiger partial charge in [0.1, 0.15) is 0 Å². The molecule has 1 aromatic heterocycles. The van der Waals surface area contributed by atoms with E-state index in [9.17, 15) is 14.9 Å². The van der Waals surface area contributed by atoms with Crippen LogP contribution in [0.15, 0.2) is 83.6 Å². The molecular weight excluding hydrogens is 356 g/mol. The Kier molecular flexibility index (Phi) is 4.33. The van der Waals surface area contributed by atoms with Gasteiger partial charge < -0.3 is 4.57 Å². The smallest absolute Gasteiger partial charge is 0.280 e. The molecule has 28 heavy (non-hydrogen) atoms. The maximum Gasteiger partial charge on any atom is 0.280 e. The summed E-state index contributed by atoms with van der Waals surface area (Å²) in [4.78, 5) is 23.3. The second kappa shape index (κ2) is 6.96. The van der Waals surface area contributed by atoms with Gasteiger partial charge in [0, 0.05) is 29.7 Å². The third-order valence-corrected chi connectivity index (χ3v) is 4.47. The van der Waals surface area contributed by atoms with Crippen LogP contribution in [0.25, 0.3) is 11.8 Å². The number of hydrazone groups is 1. The zero-order chi connectivity index (χ0) is 19.7. The number of carbonyl (C=O) groups is 1. The van der Waals surface area contributed by atoms with E-state index in [1.807, 2.05) is 53.2 Å². The number of amides is 1. The van der Waals surface area contributed by atoms with Gasteiger partial charge >= 0.3 is 0 Å². The van der Waals surface area contributed by atoms with Crippen molar-refractivity contribution in [1.29, 1.82) is 0 Å². The van der Waals surface area contributed by atoms with Gasteiger partial charge in [0.15, 0.2) is 0 Å².